The first-order valence-corrected chi connectivity index (χ1v) is 9.61. The van der Waals surface area contributed by atoms with E-state index in [-0.39, 0.29) is 11.9 Å². The third-order valence-corrected chi connectivity index (χ3v) is 5.85. The van der Waals surface area contributed by atoms with E-state index in [1.165, 1.54) is 30.6 Å². The molecule has 2 aromatic heterocycles. The summed E-state index contributed by atoms with van der Waals surface area (Å²) in [5, 5.41) is 3.57. The highest BCUT2D eigenvalue weighted by atomic mass is 32.1. The number of nitrogens with zero attached hydrogens (tertiary/aromatic N) is 3. The molecular formula is C18H22N4O2S. The predicted octanol–water partition coefficient (Wildman–Crippen LogP) is 2.64. The lowest BCUT2D eigenvalue weighted by Crippen LogP contribution is -2.53. The van der Waals surface area contributed by atoms with Crippen molar-refractivity contribution in [3.05, 3.63) is 30.6 Å². The molecule has 1 saturated heterocycles. The first kappa shape index (κ1) is 16.6. The maximum Gasteiger partial charge on any atom is 0.245 e. The topological polar surface area (TPSA) is 67.3 Å². The molecular weight excluding hydrogens is 336 g/mol. The van der Waals surface area contributed by atoms with Gasteiger partial charge in [-0.05, 0) is 30.9 Å². The first-order valence-electron chi connectivity index (χ1n) is 8.79. The van der Waals surface area contributed by atoms with Gasteiger partial charge in [-0.3, -0.25) is 14.7 Å². The van der Waals surface area contributed by atoms with Crippen molar-refractivity contribution in [3.63, 3.8) is 0 Å². The van der Waals surface area contributed by atoms with E-state index in [9.17, 15) is 4.79 Å². The van der Waals surface area contributed by atoms with Crippen molar-refractivity contribution in [1.82, 2.24) is 14.9 Å². The highest BCUT2D eigenvalue weighted by molar-refractivity contribution is 7.19. The van der Waals surface area contributed by atoms with Gasteiger partial charge in [0.05, 0.1) is 23.8 Å². The van der Waals surface area contributed by atoms with Crippen LogP contribution in [-0.4, -0.2) is 53.1 Å². The molecule has 1 aliphatic carbocycles. The van der Waals surface area contributed by atoms with Gasteiger partial charge in [0.25, 0.3) is 0 Å². The van der Waals surface area contributed by atoms with Gasteiger partial charge in [0.15, 0.2) is 5.13 Å². The molecule has 1 unspecified atom stereocenters. The van der Waals surface area contributed by atoms with Crippen LogP contribution in [0, 0.1) is 5.92 Å². The maximum atomic E-state index is 12.7. The molecule has 0 bridgehead atoms. The molecule has 7 heteroatoms. The van der Waals surface area contributed by atoms with Crippen molar-refractivity contribution in [3.8, 4) is 10.6 Å². The molecule has 4 rings (SSSR count). The van der Waals surface area contributed by atoms with Gasteiger partial charge in [0.2, 0.25) is 5.91 Å². The van der Waals surface area contributed by atoms with Gasteiger partial charge in [0.1, 0.15) is 6.04 Å². The minimum absolute atomic E-state index is 0.0269. The van der Waals surface area contributed by atoms with Crippen molar-refractivity contribution in [1.29, 1.82) is 0 Å². The minimum Gasteiger partial charge on any atom is -0.378 e. The molecule has 1 N–H and O–H groups in total. The van der Waals surface area contributed by atoms with Gasteiger partial charge in [-0.25, -0.2) is 4.98 Å². The average Bonchev–Trinajstić information content (AvgIpc) is 3.08. The number of rotatable bonds is 5. The van der Waals surface area contributed by atoms with Crippen LogP contribution in [-0.2, 0) is 9.53 Å². The molecule has 1 atom stereocenters. The summed E-state index contributed by atoms with van der Waals surface area (Å²) in [6, 6.07) is 5.54. The van der Waals surface area contributed by atoms with Gasteiger partial charge >= 0.3 is 0 Å². The molecule has 2 aromatic rings. The molecule has 3 heterocycles. The van der Waals surface area contributed by atoms with Gasteiger partial charge in [-0.2, -0.15) is 0 Å². The molecule has 0 aromatic carbocycles. The molecule has 2 fully saturated rings. The van der Waals surface area contributed by atoms with Crippen LogP contribution in [0.4, 0.5) is 5.13 Å². The Hall–Kier alpha value is -1.83. The number of carbonyl (C=O) groups excluding carboxylic acids is 1. The van der Waals surface area contributed by atoms with E-state index in [0.29, 0.717) is 18.3 Å². The second kappa shape index (κ2) is 7.59. The molecule has 25 heavy (non-hydrogen) atoms. The van der Waals surface area contributed by atoms with Crippen LogP contribution < -0.4 is 5.32 Å². The molecule has 1 aliphatic heterocycles. The van der Waals surface area contributed by atoms with Crippen molar-refractivity contribution < 1.29 is 9.53 Å². The Kier molecular flexibility index (Phi) is 5.05. The van der Waals surface area contributed by atoms with E-state index in [4.69, 9.17) is 4.74 Å². The molecule has 0 spiro atoms. The van der Waals surface area contributed by atoms with Gasteiger partial charge < -0.3 is 10.1 Å². The SMILES string of the molecule is O=C(Nc1ncc(-c2ccccn2)s1)C1COCCN1CC1CCC1. The monoisotopic (exact) mass is 358 g/mol. The maximum absolute atomic E-state index is 12.7. The van der Waals surface area contributed by atoms with E-state index in [1.54, 1.807) is 12.4 Å². The number of nitrogens with one attached hydrogen (secondary N) is 1. The fraction of sp³-hybridized carbons (Fsp3) is 0.500. The van der Waals surface area contributed by atoms with Crippen LogP contribution in [0.3, 0.4) is 0 Å². The summed E-state index contributed by atoms with van der Waals surface area (Å²) in [5.41, 5.74) is 0.869. The lowest BCUT2D eigenvalue weighted by Gasteiger charge is -2.38. The van der Waals surface area contributed by atoms with Crippen LogP contribution in [0.25, 0.3) is 10.6 Å². The Labute approximate surface area is 151 Å². The Balaban J connectivity index is 1.41. The number of aromatic nitrogens is 2. The summed E-state index contributed by atoms with van der Waals surface area (Å²) in [6.07, 6.45) is 7.40. The predicted molar refractivity (Wildman–Crippen MR) is 97.5 cm³/mol. The van der Waals surface area contributed by atoms with Crippen molar-refractivity contribution in [2.45, 2.75) is 25.3 Å². The quantitative estimate of drug-likeness (QED) is 0.890. The van der Waals surface area contributed by atoms with Gasteiger partial charge in [-0.1, -0.05) is 23.8 Å². The van der Waals surface area contributed by atoms with Gasteiger partial charge in [-0.15, -0.1) is 0 Å². The van der Waals surface area contributed by atoms with Crippen molar-refractivity contribution >= 4 is 22.4 Å². The normalized spacial score (nSPS) is 21.7. The molecule has 1 saturated carbocycles. The van der Waals surface area contributed by atoms with Crippen molar-refractivity contribution in [2.75, 3.05) is 31.6 Å². The number of amides is 1. The summed E-state index contributed by atoms with van der Waals surface area (Å²) in [4.78, 5) is 24.6. The number of ether oxygens (including phenoxy) is 1. The van der Waals surface area contributed by atoms with Crippen LogP contribution in [0.15, 0.2) is 30.6 Å². The smallest absolute Gasteiger partial charge is 0.245 e. The zero-order valence-corrected chi connectivity index (χ0v) is 14.9. The Morgan fingerprint density at radius 1 is 1.36 bits per heavy atom. The van der Waals surface area contributed by atoms with Crippen LogP contribution in [0.2, 0.25) is 0 Å². The first-order chi connectivity index (χ1) is 12.3. The van der Waals surface area contributed by atoms with E-state index in [2.05, 4.69) is 20.2 Å². The number of hydrogen-bond acceptors (Lipinski definition) is 6. The molecule has 1 amide bonds. The fourth-order valence-corrected chi connectivity index (χ4v) is 4.05. The number of morpholine rings is 1. The molecule has 0 radical (unpaired) electrons. The summed E-state index contributed by atoms with van der Waals surface area (Å²) >= 11 is 1.44. The highest BCUT2D eigenvalue weighted by Gasteiger charge is 2.32. The largest absolute Gasteiger partial charge is 0.378 e. The minimum atomic E-state index is -0.225. The van der Waals surface area contributed by atoms with E-state index in [1.807, 2.05) is 18.2 Å². The van der Waals surface area contributed by atoms with Crippen LogP contribution >= 0.6 is 11.3 Å². The van der Waals surface area contributed by atoms with Gasteiger partial charge in [0, 0.05) is 25.5 Å². The van der Waals surface area contributed by atoms with E-state index < -0.39 is 0 Å². The Morgan fingerprint density at radius 3 is 3.04 bits per heavy atom. The summed E-state index contributed by atoms with van der Waals surface area (Å²) in [5.74, 6) is 0.713. The number of carbonyl (C=O) groups is 1. The number of anilines is 1. The standard InChI is InChI=1S/C18H22N4O2S/c23-17(15-12-24-9-8-22(15)11-13-4-3-5-13)21-18-20-10-16(25-18)14-6-1-2-7-19-14/h1-2,6-7,10,13,15H,3-5,8-9,11-12H2,(H,20,21,23). The molecule has 2 aliphatic rings. The average molecular weight is 358 g/mol. The third kappa shape index (κ3) is 3.89. The second-order valence-corrected chi connectivity index (χ2v) is 7.65. The molecule has 6 nitrogen and oxygen atoms in total. The van der Waals surface area contributed by atoms with E-state index in [0.717, 1.165) is 29.6 Å². The van der Waals surface area contributed by atoms with Crippen LogP contribution in [0.1, 0.15) is 19.3 Å². The zero-order chi connectivity index (χ0) is 17.1. The molecule has 132 valence electrons. The number of hydrogen-bond donors (Lipinski definition) is 1. The Morgan fingerprint density at radius 2 is 2.28 bits per heavy atom. The second-order valence-electron chi connectivity index (χ2n) is 6.62. The number of pyridine rings is 1. The lowest BCUT2D eigenvalue weighted by atomic mass is 9.84. The summed E-state index contributed by atoms with van der Waals surface area (Å²) in [6.45, 7) is 2.98. The van der Waals surface area contributed by atoms with E-state index >= 15 is 0 Å². The Bertz CT molecular complexity index is 717. The fourth-order valence-electron chi connectivity index (χ4n) is 3.25. The van der Waals surface area contributed by atoms with Crippen LogP contribution in [0.5, 0.6) is 0 Å². The summed E-state index contributed by atoms with van der Waals surface area (Å²) in [7, 11) is 0. The zero-order valence-electron chi connectivity index (χ0n) is 14.1. The van der Waals surface area contributed by atoms with Crippen molar-refractivity contribution in [2.24, 2.45) is 5.92 Å². The highest BCUT2D eigenvalue weighted by Crippen LogP contribution is 2.29. The lowest BCUT2D eigenvalue weighted by molar-refractivity contribution is -0.128. The third-order valence-electron chi connectivity index (χ3n) is 4.91. The number of thiazole rings is 1. The summed E-state index contributed by atoms with van der Waals surface area (Å²) < 4.78 is 5.55.